The summed E-state index contributed by atoms with van der Waals surface area (Å²) >= 11 is 13.0. The molecule has 2 aromatic carbocycles. The van der Waals surface area contributed by atoms with Crippen LogP contribution in [0.5, 0.6) is 23.0 Å². The summed E-state index contributed by atoms with van der Waals surface area (Å²) in [6.07, 6.45) is 2.42. The summed E-state index contributed by atoms with van der Waals surface area (Å²) in [7, 11) is 3.17. The van der Waals surface area contributed by atoms with Crippen molar-refractivity contribution in [1.29, 1.82) is 0 Å². The third-order valence-corrected chi connectivity index (χ3v) is 6.26. The lowest BCUT2D eigenvalue weighted by Gasteiger charge is -2.14. The van der Waals surface area contributed by atoms with Gasteiger partial charge in [0.15, 0.2) is 11.5 Å². The summed E-state index contributed by atoms with van der Waals surface area (Å²) in [6.45, 7) is 3.33. The highest BCUT2D eigenvalue weighted by Crippen LogP contribution is 2.39. The van der Waals surface area contributed by atoms with Gasteiger partial charge in [-0.1, -0.05) is 35.6 Å². The number of likely N-dealkylation sites (N-methyl/N-ethyl adjacent to an activating group) is 1. The Balaban J connectivity index is 1.59. The van der Waals surface area contributed by atoms with Crippen molar-refractivity contribution in [2.75, 3.05) is 34.0 Å². The topological polar surface area (TPSA) is 57.2 Å². The van der Waals surface area contributed by atoms with E-state index in [0.29, 0.717) is 51.9 Å². The number of carbonyl (C=O) groups excluding carboxylic acids is 1. The molecule has 0 spiro atoms. The summed E-state index contributed by atoms with van der Waals surface area (Å²) in [4.78, 5) is 14.6. The van der Waals surface area contributed by atoms with Crippen molar-refractivity contribution in [2.24, 2.45) is 0 Å². The summed E-state index contributed by atoms with van der Waals surface area (Å²) < 4.78 is 22.7. The van der Waals surface area contributed by atoms with E-state index in [1.165, 1.54) is 11.8 Å². The molecule has 0 aliphatic carbocycles. The average Bonchev–Trinajstić information content (AvgIpc) is 3.06. The van der Waals surface area contributed by atoms with E-state index in [9.17, 15) is 4.79 Å². The van der Waals surface area contributed by atoms with Crippen LogP contribution in [0.15, 0.2) is 41.3 Å². The fraction of sp³-hybridized carbons (Fsp3) is 0.304. The number of hydrogen-bond acceptors (Lipinski definition) is 7. The van der Waals surface area contributed by atoms with Crippen molar-refractivity contribution in [1.82, 2.24) is 4.90 Å². The Morgan fingerprint density at radius 3 is 2.38 bits per heavy atom. The number of halogens is 1. The molecule has 0 aromatic heterocycles. The number of benzene rings is 2. The van der Waals surface area contributed by atoms with Crippen LogP contribution in [0.1, 0.15) is 18.9 Å². The molecular weight excluding hydrogens is 470 g/mol. The maximum absolute atomic E-state index is 12.4. The lowest BCUT2D eigenvalue weighted by Crippen LogP contribution is -2.27. The zero-order valence-electron chi connectivity index (χ0n) is 18.1. The summed E-state index contributed by atoms with van der Waals surface area (Å²) in [5.74, 6) is 2.39. The minimum absolute atomic E-state index is 0.102. The van der Waals surface area contributed by atoms with Crippen LogP contribution in [0.2, 0.25) is 5.02 Å². The van der Waals surface area contributed by atoms with E-state index in [2.05, 4.69) is 0 Å². The Labute approximate surface area is 202 Å². The zero-order valence-corrected chi connectivity index (χ0v) is 20.4. The van der Waals surface area contributed by atoms with Crippen LogP contribution >= 0.6 is 35.6 Å². The van der Waals surface area contributed by atoms with Crippen molar-refractivity contribution >= 4 is 51.9 Å². The molecule has 1 aliphatic rings. The molecule has 32 heavy (non-hydrogen) atoms. The van der Waals surface area contributed by atoms with Gasteiger partial charge in [0.2, 0.25) is 0 Å². The van der Waals surface area contributed by atoms with Crippen LogP contribution in [-0.4, -0.2) is 49.1 Å². The zero-order chi connectivity index (χ0) is 23.1. The number of ether oxygens (including phenoxy) is 4. The molecule has 9 heteroatoms. The fourth-order valence-electron chi connectivity index (χ4n) is 2.98. The second-order valence-electron chi connectivity index (χ2n) is 6.69. The number of nitrogens with zero attached hydrogens (tertiary/aromatic N) is 1. The number of thiocarbonyl (C=S) groups is 1. The minimum atomic E-state index is -0.102. The molecular formula is C23H24ClNO5S2. The summed E-state index contributed by atoms with van der Waals surface area (Å²) in [6, 6.07) is 10.9. The first-order valence-corrected chi connectivity index (χ1v) is 11.6. The minimum Gasteiger partial charge on any atom is -0.497 e. The average molecular weight is 494 g/mol. The number of rotatable bonds is 10. The molecule has 1 fully saturated rings. The normalized spacial score (nSPS) is 14.8. The van der Waals surface area contributed by atoms with E-state index in [1.54, 1.807) is 37.3 Å². The number of carbonyl (C=O) groups is 1. The summed E-state index contributed by atoms with van der Waals surface area (Å²) in [5, 5.41) is 0.401. The van der Waals surface area contributed by atoms with Gasteiger partial charge in [0.25, 0.3) is 5.91 Å². The molecule has 0 radical (unpaired) electrons. The predicted octanol–water partition coefficient (Wildman–Crippen LogP) is 5.43. The number of thioether (sulfide) groups is 1. The van der Waals surface area contributed by atoms with Crippen molar-refractivity contribution in [3.63, 3.8) is 0 Å². The Kier molecular flexibility index (Phi) is 8.67. The maximum atomic E-state index is 12.4. The van der Waals surface area contributed by atoms with Crippen LogP contribution in [0.3, 0.4) is 0 Å². The van der Waals surface area contributed by atoms with Gasteiger partial charge in [-0.05, 0) is 55.0 Å². The molecule has 1 saturated heterocycles. The molecule has 0 bridgehead atoms. The van der Waals surface area contributed by atoms with Gasteiger partial charge in [-0.25, -0.2) is 0 Å². The van der Waals surface area contributed by atoms with Crippen molar-refractivity contribution in [3.05, 3.63) is 51.9 Å². The van der Waals surface area contributed by atoms with E-state index in [4.69, 9.17) is 42.8 Å². The Bertz CT molecular complexity index is 1010. The molecule has 1 heterocycles. The van der Waals surface area contributed by atoms with E-state index < -0.39 is 0 Å². The maximum Gasteiger partial charge on any atom is 0.266 e. The van der Waals surface area contributed by atoms with E-state index in [-0.39, 0.29) is 5.91 Å². The van der Waals surface area contributed by atoms with Gasteiger partial charge in [0.05, 0.1) is 37.4 Å². The van der Waals surface area contributed by atoms with Crippen LogP contribution in [0.25, 0.3) is 6.08 Å². The monoisotopic (exact) mass is 493 g/mol. The molecule has 0 saturated carbocycles. The third kappa shape index (κ3) is 5.88. The standard InChI is InChI=1S/C23H24ClNO5S2/c1-4-25-22(26)20(32-23(25)31)14-15-12-18(24)21(19(13-15)28-3)30-11-5-10-29-17-8-6-16(27-2)7-9-17/h6-9,12-14H,4-5,10-11H2,1-3H3/b20-14+. The molecule has 1 aliphatic heterocycles. The smallest absolute Gasteiger partial charge is 0.266 e. The molecule has 0 N–H and O–H groups in total. The number of amides is 1. The number of methoxy groups -OCH3 is 2. The fourth-order valence-corrected chi connectivity index (χ4v) is 4.64. The number of hydrogen-bond donors (Lipinski definition) is 0. The molecule has 1 amide bonds. The van der Waals surface area contributed by atoms with Crippen molar-refractivity contribution in [3.8, 4) is 23.0 Å². The van der Waals surface area contributed by atoms with E-state index >= 15 is 0 Å². The molecule has 6 nitrogen and oxygen atoms in total. The van der Waals surface area contributed by atoms with Gasteiger partial charge in [-0.3, -0.25) is 9.69 Å². The second-order valence-corrected chi connectivity index (χ2v) is 8.77. The molecule has 3 rings (SSSR count). The van der Waals surface area contributed by atoms with Gasteiger partial charge in [-0.2, -0.15) is 0 Å². The van der Waals surface area contributed by atoms with Crippen molar-refractivity contribution in [2.45, 2.75) is 13.3 Å². The Hall–Kier alpha value is -2.42. The highest BCUT2D eigenvalue weighted by molar-refractivity contribution is 8.26. The van der Waals surface area contributed by atoms with Crippen LogP contribution < -0.4 is 18.9 Å². The van der Waals surface area contributed by atoms with Gasteiger partial charge < -0.3 is 18.9 Å². The Morgan fingerprint density at radius 2 is 1.75 bits per heavy atom. The summed E-state index contributed by atoms with van der Waals surface area (Å²) in [5.41, 5.74) is 0.735. The lowest BCUT2D eigenvalue weighted by atomic mass is 10.1. The first-order chi connectivity index (χ1) is 15.5. The molecule has 0 unspecified atom stereocenters. The van der Waals surface area contributed by atoms with E-state index in [0.717, 1.165) is 17.1 Å². The molecule has 2 aromatic rings. The quantitative estimate of drug-likeness (QED) is 0.248. The highest BCUT2D eigenvalue weighted by atomic mass is 35.5. The Morgan fingerprint density at radius 1 is 1.06 bits per heavy atom. The van der Waals surface area contributed by atoms with Crippen molar-refractivity contribution < 1.29 is 23.7 Å². The first-order valence-electron chi connectivity index (χ1n) is 9.99. The van der Waals surface area contributed by atoms with E-state index in [1.807, 2.05) is 31.2 Å². The highest BCUT2D eigenvalue weighted by Gasteiger charge is 2.30. The molecule has 0 atom stereocenters. The van der Waals surface area contributed by atoms with Crippen LogP contribution in [0.4, 0.5) is 0 Å². The molecule has 170 valence electrons. The van der Waals surface area contributed by atoms with Gasteiger partial charge in [0.1, 0.15) is 15.8 Å². The second kappa shape index (κ2) is 11.4. The van der Waals surface area contributed by atoms with Crippen LogP contribution in [0, 0.1) is 0 Å². The van der Waals surface area contributed by atoms with Gasteiger partial charge >= 0.3 is 0 Å². The third-order valence-electron chi connectivity index (χ3n) is 4.60. The van der Waals surface area contributed by atoms with Gasteiger partial charge in [-0.15, -0.1) is 0 Å². The largest absolute Gasteiger partial charge is 0.497 e. The predicted molar refractivity (Wildman–Crippen MR) is 132 cm³/mol. The first kappa shape index (κ1) is 24.2. The van der Waals surface area contributed by atoms with Gasteiger partial charge in [0, 0.05) is 13.0 Å². The van der Waals surface area contributed by atoms with Crippen LogP contribution in [-0.2, 0) is 4.79 Å². The SMILES string of the molecule is CCN1C(=O)/C(=C\c2cc(Cl)c(OCCCOc3ccc(OC)cc3)c(OC)c2)SC1=S. The lowest BCUT2D eigenvalue weighted by molar-refractivity contribution is -0.121.